The van der Waals surface area contributed by atoms with Crippen LogP contribution in [0.1, 0.15) is 42.1 Å². The molecule has 0 saturated carbocycles. The third kappa shape index (κ3) is 3.04. The second-order valence-corrected chi connectivity index (χ2v) is 4.14. The zero-order valence-corrected chi connectivity index (χ0v) is 10.3. The zero-order chi connectivity index (χ0) is 12.0. The third-order valence-electron chi connectivity index (χ3n) is 2.29. The summed E-state index contributed by atoms with van der Waals surface area (Å²) < 4.78 is 3.78. The minimum Gasteiger partial charge on any atom is -0.348 e. The summed E-state index contributed by atoms with van der Waals surface area (Å²) in [5.74, 6) is 2.44. The number of hydrogen-bond donors (Lipinski definition) is 1. The average Bonchev–Trinajstić information content (AvgIpc) is 2.76. The van der Waals surface area contributed by atoms with Gasteiger partial charge in [-0.15, -0.1) is 17.4 Å². The van der Waals surface area contributed by atoms with Crippen molar-refractivity contribution in [3.05, 3.63) is 10.6 Å². The second kappa shape index (κ2) is 6.23. The summed E-state index contributed by atoms with van der Waals surface area (Å²) in [4.78, 5) is 12.5. The summed E-state index contributed by atoms with van der Waals surface area (Å²) in [5.41, 5.74) is 0.748. The van der Waals surface area contributed by atoms with Gasteiger partial charge in [-0.2, -0.15) is 0 Å². The molecule has 0 radical (unpaired) electrons. The van der Waals surface area contributed by atoms with Gasteiger partial charge in [-0.1, -0.05) is 18.3 Å². The monoisotopic (exact) mass is 237 g/mol. The number of aryl methyl sites for hydroxylation is 1. The highest BCUT2D eigenvalue weighted by molar-refractivity contribution is 7.08. The van der Waals surface area contributed by atoms with E-state index in [1.165, 1.54) is 0 Å². The van der Waals surface area contributed by atoms with Crippen molar-refractivity contribution in [2.45, 2.75) is 39.2 Å². The maximum Gasteiger partial charge on any atom is 0.265 e. The molecule has 16 heavy (non-hydrogen) atoms. The van der Waals surface area contributed by atoms with Crippen molar-refractivity contribution in [1.29, 1.82) is 0 Å². The van der Waals surface area contributed by atoms with Crippen molar-refractivity contribution in [3.8, 4) is 12.3 Å². The summed E-state index contributed by atoms with van der Waals surface area (Å²) in [6.07, 6.45) is 7.32. The van der Waals surface area contributed by atoms with Crippen molar-refractivity contribution in [3.63, 3.8) is 0 Å². The maximum atomic E-state index is 11.9. The highest BCUT2D eigenvalue weighted by atomic mass is 32.1. The smallest absolute Gasteiger partial charge is 0.265 e. The van der Waals surface area contributed by atoms with E-state index in [1.807, 2.05) is 13.8 Å². The molecule has 0 fully saturated rings. The Hall–Kier alpha value is -1.41. The fourth-order valence-electron chi connectivity index (χ4n) is 1.30. The Morgan fingerprint density at radius 3 is 2.94 bits per heavy atom. The normalized spacial score (nSPS) is 11.8. The van der Waals surface area contributed by atoms with Crippen LogP contribution in [0, 0.1) is 12.3 Å². The number of hydrogen-bond acceptors (Lipinski definition) is 4. The van der Waals surface area contributed by atoms with E-state index in [-0.39, 0.29) is 11.9 Å². The highest BCUT2D eigenvalue weighted by Crippen LogP contribution is 2.11. The minimum absolute atomic E-state index is 0.0318. The standard InChI is InChI=1S/C11H15N3OS/c1-4-7-8(5-2)12-11(15)10-9(6-3)13-14-16-10/h1,8H,5-7H2,2-3H3,(H,12,15). The first-order chi connectivity index (χ1) is 7.72. The lowest BCUT2D eigenvalue weighted by Crippen LogP contribution is -2.34. The van der Waals surface area contributed by atoms with Gasteiger partial charge >= 0.3 is 0 Å². The lowest BCUT2D eigenvalue weighted by Gasteiger charge is -2.13. The van der Waals surface area contributed by atoms with E-state index in [1.54, 1.807) is 0 Å². The van der Waals surface area contributed by atoms with E-state index in [4.69, 9.17) is 6.42 Å². The summed E-state index contributed by atoms with van der Waals surface area (Å²) in [6.45, 7) is 3.94. The average molecular weight is 237 g/mol. The van der Waals surface area contributed by atoms with Gasteiger partial charge < -0.3 is 5.32 Å². The Labute approximate surface area is 99.6 Å². The number of amides is 1. The van der Waals surface area contributed by atoms with Gasteiger partial charge in [0.25, 0.3) is 5.91 Å². The molecule has 1 aromatic heterocycles. The van der Waals surface area contributed by atoms with E-state index in [9.17, 15) is 4.79 Å². The molecule has 86 valence electrons. The first-order valence-corrected chi connectivity index (χ1v) is 6.05. The highest BCUT2D eigenvalue weighted by Gasteiger charge is 2.17. The van der Waals surface area contributed by atoms with Crippen LogP contribution in [0.3, 0.4) is 0 Å². The van der Waals surface area contributed by atoms with E-state index in [2.05, 4.69) is 20.8 Å². The number of carbonyl (C=O) groups is 1. The van der Waals surface area contributed by atoms with Crippen molar-refractivity contribution < 1.29 is 4.79 Å². The first kappa shape index (κ1) is 12.7. The number of aromatic nitrogens is 2. The van der Waals surface area contributed by atoms with Gasteiger partial charge in [0.2, 0.25) is 0 Å². The van der Waals surface area contributed by atoms with Crippen LogP contribution in [-0.4, -0.2) is 21.5 Å². The molecule has 4 nitrogen and oxygen atoms in total. The van der Waals surface area contributed by atoms with E-state index in [0.29, 0.717) is 17.7 Å². The molecular weight excluding hydrogens is 222 g/mol. The fraction of sp³-hybridized carbons (Fsp3) is 0.545. The topological polar surface area (TPSA) is 54.9 Å². The van der Waals surface area contributed by atoms with Gasteiger partial charge in [0, 0.05) is 12.5 Å². The molecule has 1 amide bonds. The van der Waals surface area contributed by atoms with Crippen molar-refractivity contribution in [2.24, 2.45) is 0 Å². The molecule has 5 heteroatoms. The third-order valence-corrected chi connectivity index (χ3v) is 3.06. The molecule has 0 aromatic carbocycles. The van der Waals surface area contributed by atoms with E-state index in [0.717, 1.165) is 23.6 Å². The van der Waals surface area contributed by atoms with Gasteiger partial charge in [0.1, 0.15) is 4.88 Å². The van der Waals surface area contributed by atoms with Crippen LogP contribution in [0.4, 0.5) is 0 Å². The number of carbonyl (C=O) groups excluding carboxylic acids is 1. The number of terminal acetylenes is 1. The van der Waals surface area contributed by atoms with E-state index >= 15 is 0 Å². The quantitative estimate of drug-likeness (QED) is 0.792. The Balaban J connectivity index is 2.68. The van der Waals surface area contributed by atoms with Crippen LogP contribution < -0.4 is 5.32 Å². The second-order valence-electron chi connectivity index (χ2n) is 3.39. The van der Waals surface area contributed by atoms with Crippen molar-refractivity contribution >= 4 is 17.4 Å². The Morgan fingerprint density at radius 2 is 2.38 bits per heavy atom. The summed E-state index contributed by atoms with van der Waals surface area (Å²) >= 11 is 1.13. The molecule has 1 aromatic rings. The van der Waals surface area contributed by atoms with Crippen LogP contribution in [0.25, 0.3) is 0 Å². The molecule has 1 unspecified atom stereocenters. The predicted octanol–water partition coefficient (Wildman–Crippen LogP) is 1.63. The van der Waals surface area contributed by atoms with Gasteiger partial charge in [0.15, 0.2) is 0 Å². The van der Waals surface area contributed by atoms with Crippen LogP contribution in [0.15, 0.2) is 0 Å². The molecule has 1 atom stereocenters. The Bertz CT molecular complexity index is 394. The summed E-state index contributed by atoms with van der Waals surface area (Å²) in [5, 5.41) is 6.80. The molecule has 1 rings (SSSR count). The molecular formula is C11H15N3OS. The lowest BCUT2D eigenvalue weighted by molar-refractivity contribution is 0.0939. The number of nitrogens with one attached hydrogen (secondary N) is 1. The van der Waals surface area contributed by atoms with Crippen molar-refractivity contribution in [1.82, 2.24) is 14.9 Å². The lowest BCUT2D eigenvalue weighted by atomic mass is 10.1. The summed E-state index contributed by atoms with van der Waals surface area (Å²) in [7, 11) is 0. The fourth-order valence-corrected chi connectivity index (χ4v) is 1.96. The predicted molar refractivity (Wildman–Crippen MR) is 64.3 cm³/mol. The van der Waals surface area contributed by atoms with Crippen LogP contribution in [0.2, 0.25) is 0 Å². The van der Waals surface area contributed by atoms with Crippen molar-refractivity contribution in [2.75, 3.05) is 0 Å². The molecule has 0 spiro atoms. The molecule has 0 aliphatic rings. The van der Waals surface area contributed by atoms with Gasteiger partial charge in [0.05, 0.1) is 5.69 Å². The Morgan fingerprint density at radius 1 is 1.62 bits per heavy atom. The molecule has 0 aliphatic heterocycles. The molecule has 1 heterocycles. The minimum atomic E-state index is -0.117. The number of rotatable bonds is 5. The van der Waals surface area contributed by atoms with Gasteiger partial charge in [-0.3, -0.25) is 4.79 Å². The van der Waals surface area contributed by atoms with E-state index < -0.39 is 0 Å². The van der Waals surface area contributed by atoms with Crippen LogP contribution in [-0.2, 0) is 6.42 Å². The SMILES string of the molecule is C#CCC(CC)NC(=O)c1snnc1CC. The molecule has 1 N–H and O–H groups in total. The summed E-state index contributed by atoms with van der Waals surface area (Å²) in [6, 6.07) is 0.0318. The van der Waals surface area contributed by atoms with Gasteiger partial charge in [-0.25, -0.2) is 0 Å². The van der Waals surface area contributed by atoms with Crippen LogP contribution >= 0.6 is 11.5 Å². The number of nitrogens with zero attached hydrogens (tertiary/aromatic N) is 2. The van der Waals surface area contributed by atoms with Crippen LogP contribution in [0.5, 0.6) is 0 Å². The molecule has 0 bridgehead atoms. The zero-order valence-electron chi connectivity index (χ0n) is 9.49. The first-order valence-electron chi connectivity index (χ1n) is 5.28. The largest absolute Gasteiger partial charge is 0.348 e. The molecule has 0 aliphatic carbocycles. The van der Waals surface area contributed by atoms with Gasteiger partial charge in [-0.05, 0) is 24.4 Å². The maximum absolute atomic E-state index is 11.9. The Kier molecular flexibility index (Phi) is 4.93. The molecule has 0 saturated heterocycles.